The van der Waals surface area contributed by atoms with E-state index in [2.05, 4.69) is 31.1 Å². The molecule has 2 fully saturated rings. The lowest BCUT2D eigenvalue weighted by molar-refractivity contribution is -0.129. The van der Waals surface area contributed by atoms with Crippen LogP contribution >= 0.6 is 0 Å². The van der Waals surface area contributed by atoms with Crippen LogP contribution in [0.5, 0.6) is 0 Å². The first-order chi connectivity index (χ1) is 19.8. The standard InChI is InChI=1S/C32H41N3O6/c1-4-15-32(24-12-8-9-13-25(24)33-30(32)37)35(18-21(2)3)19-27(36)26(17-22-10-6-5-7-11-22)34-31(38)41-28-20-40-29-23(28)14-16-39-29/h4-13,21,23,26-29,36H,1,14-20H2,2-3H3,(H,33,37)(H,34,38)/t23-,26-,27+,28-,29+,32?/m0/s1. The van der Waals surface area contributed by atoms with Crippen molar-refractivity contribution < 1.29 is 28.9 Å². The van der Waals surface area contributed by atoms with Crippen molar-refractivity contribution in [3.63, 3.8) is 0 Å². The number of alkyl carbamates (subject to hydrolysis) is 1. The number of anilines is 1. The third-order valence-corrected chi connectivity index (χ3v) is 8.28. The maximum absolute atomic E-state index is 13.7. The third kappa shape index (κ3) is 6.18. The highest BCUT2D eigenvalue weighted by atomic mass is 16.7. The fourth-order valence-corrected chi connectivity index (χ4v) is 6.36. The predicted octanol–water partition coefficient (Wildman–Crippen LogP) is 3.83. The van der Waals surface area contributed by atoms with E-state index < -0.39 is 29.9 Å². The molecule has 0 aromatic heterocycles. The molecular weight excluding hydrogens is 522 g/mol. The smallest absolute Gasteiger partial charge is 0.407 e. The molecule has 5 rings (SSSR count). The molecule has 2 saturated heterocycles. The van der Waals surface area contributed by atoms with Crippen LogP contribution in [0.4, 0.5) is 10.5 Å². The fraction of sp³-hybridized carbons (Fsp3) is 0.500. The molecule has 0 spiro atoms. The quantitative estimate of drug-likeness (QED) is 0.337. The van der Waals surface area contributed by atoms with Crippen LogP contribution < -0.4 is 10.6 Å². The van der Waals surface area contributed by atoms with Gasteiger partial charge in [0.05, 0.1) is 31.3 Å². The van der Waals surface area contributed by atoms with Gasteiger partial charge in [-0.3, -0.25) is 9.69 Å². The molecule has 2 aromatic carbocycles. The lowest BCUT2D eigenvalue weighted by Gasteiger charge is -2.42. The van der Waals surface area contributed by atoms with E-state index in [1.54, 1.807) is 6.08 Å². The monoisotopic (exact) mass is 563 g/mol. The Kier molecular flexibility index (Phi) is 9.09. The van der Waals surface area contributed by atoms with Crippen LogP contribution in [-0.4, -0.2) is 72.8 Å². The minimum Gasteiger partial charge on any atom is -0.443 e. The van der Waals surface area contributed by atoms with Gasteiger partial charge < -0.3 is 30.0 Å². The van der Waals surface area contributed by atoms with E-state index in [9.17, 15) is 14.7 Å². The zero-order chi connectivity index (χ0) is 29.0. The van der Waals surface area contributed by atoms with Gasteiger partial charge in [0.15, 0.2) is 6.29 Å². The summed E-state index contributed by atoms with van der Waals surface area (Å²) in [6, 6.07) is 16.7. The lowest BCUT2D eigenvalue weighted by atomic mass is 9.84. The number of carbonyl (C=O) groups excluding carboxylic acids is 2. The third-order valence-electron chi connectivity index (χ3n) is 8.28. The van der Waals surface area contributed by atoms with E-state index in [0.29, 0.717) is 26.0 Å². The number of nitrogens with zero attached hydrogens (tertiary/aromatic N) is 1. The van der Waals surface area contributed by atoms with Gasteiger partial charge in [-0.15, -0.1) is 6.58 Å². The molecule has 41 heavy (non-hydrogen) atoms. The van der Waals surface area contributed by atoms with Crippen molar-refractivity contribution >= 4 is 17.7 Å². The SMILES string of the molecule is C=CCC1(N(CC(C)C)C[C@@H](O)[C@H](Cc2ccccc2)NC(=O)O[C@H]2CO[C@H]3OCC[C@H]32)C(=O)Nc2ccccc21. The van der Waals surface area contributed by atoms with Crippen molar-refractivity contribution in [1.29, 1.82) is 0 Å². The van der Waals surface area contributed by atoms with E-state index in [1.807, 2.05) is 59.5 Å². The molecule has 3 heterocycles. The summed E-state index contributed by atoms with van der Waals surface area (Å²) >= 11 is 0. The molecule has 220 valence electrons. The first-order valence-electron chi connectivity index (χ1n) is 14.5. The van der Waals surface area contributed by atoms with Crippen LogP contribution in [0.25, 0.3) is 0 Å². The van der Waals surface area contributed by atoms with E-state index >= 15 is 0 Å². The van der Waals surface area contributed by atoms with Gasteiger partial charge in [0, 0.05) is 24.3 Å². The van der Waals surface area contributed by atoms with Gasteiger partial charge in [0.25, 0.3) is 0 Å². The molecule has 3 aliphatic rings. The maximum atomic E-state index is 13.7. The fourth-order valence-electron chi connectivity index (χ4n) is 6.36. The highest BCUT2D eigenvalue weighted by molar-refractivity contribution is 6.06. The Labute approximate surface area is 241 Å². The summed E-state index contributed by atoms with van der Waals surface area (Å²) in [6.07, 6.45) is 0.951. The molecule has 6 atom stereocenters. The van der Waals surface area contributed by atoms with Crippen LogP contribution in [0.3, 0.4) is 0 Å². The van der Waals surface area contributed by atoms with E-state index in [4.69, 9.17) is 14.2 Å². The zero-order valence-electron chi connectivity index (χ0n) is 23.8. The van der Waals surface area contributed by atoms with Gasteiger partial charge in [-0.2, -0.15) is 0 Å². The van der Waals surface area contributed by atoms with Crippen LogP contribution in [0.2, 0.25) is 0 Å². The van der Waals surface area contributed by atoms with Gasteiger partial charge in [-0.1, -0.05) is 68.5 Å². The molecule has 0 saturated carbocycles. The summed E-state index contributed by atoms with van der Waals surface area (Å²) in [5.74, 6) is 0.0754. The molecule has 3 aliphatic heterocycles. The lowest BCUT2D eigenvalue weighted by Crippen LogP contribution is -2.57. The summed E-state index contributed by atoms with van der Waals surface area (Å²) in [6.45, 7) is 9.70. The summed E-state index contributed by atoms with van der Waals surface area (Å²) in [5, 5.41) is 17.8. The molecule has 1 unspecified atom stereocenters. The summed E-state index contributed by atoms with van der Waals surface area (Å²) < 4.78 is 17.0. The number of nitrogens with one attached hydrogen (secondary N) is 2. The molecule has 2 aromatic rings. The number of carbonyl (C=O) groups is 2. The summed E-state index contributed by atoms with van der Waals surface area (Å²) in [7, 11) is 0. The largest absolute Gasteiger partial charge is 0.443 e. The Balaban J connectivity index is 1.39. The first kappa shape index (κ1) is 29.3. The normalized spacial score (nSPS) is 26.4. The number of ether oxygens (including phenoxy) is 3. The highest BCUT2D eigenvalue weighted by Crippen LogP contribution is 2.43. The van der Waals surface area contributed by atoms with Crippen LogP contribution in [0.15, 0.2) is 67.3 Å². The molecule has 0 radical (unpaired) electrons. The summed E-state index contributed by atoms with van der Waals surface area (Å²) in [4.78, 5) is 28.9. The molecule has 0 bridgehead atoms. The number of rotatable bonds is 12. The molecule has 9 heteroatoms. The number of para-hydroxylation sites is 1. The molecule has 2 amide bonds. The van der Waals surface area contributed by atoms with Crippen molar-refractivity contribution in [2.24, 2.45) is 11.8 Å². The van der Waals surface area contributed by atoms with Crippen molar-refractivity contribution in [2.75, 3.05) is 31.6 Å². The van der Waals surface area contributed by atoms with Gasteiger partial charge >= 0.3 is 6.09 Å². The zero-order valence-corrected chi connectivity index (χ0v) is 23.8. The maximum Gasteiger partial charge on any atom is 0.407 e. The molecule has 3 N–H and O–H groups in total. The Morgan fingerprint density at radius 3 is 2.71 bits per heavy atom. The van der Waals surface area contributed by atoms with E-state index in [1.165, 1.54) is 0 Å². The van der Waals surface area contributed by atoms with Crippen molar-refractivity contribution in [2.45, 2.75) is 63.2 Å². The Morgan fingerprint density at radius 2 is 1.95 bits per heavy atom. The van der Waals surface area contributed by atoms with E-state index in [0.717, 1.165) is 23.2 Å². The molecule has 9 nitrogen and oxygen atoms in total. The van der Waals surface area contributed by atoms with Gasteiger partial charge in [0.1, 0.15) is 11.6 Å². The average Bonchev–Trinajstić information content (AvgIpc) is 3.64. The number of amides is 2. The number of fused-ring (bicyclic) bond motifs is 2. The molecular formula is C32H41N3O6. The number of hydrogen-bond donors (Lipinski definition) is 3. The Morgan fingerprint density at radius 1 is 1.20 bits per heavy atom. The topological polar surface area (TPSA) is 109 Å². The highest BCUT2D eigenvalue weighted by Gasteiger charge is 2.51. The number of hydrogen-bond acceptors (Lipinski definition) is 7. The number of aliphatic hydroxyl groups excluding tert-OH is 1. The van der Waals surface area contributed by atoms with Crippen molar-refractivity contribution in [3.8, 4) is 0 Å². The van der Waals surface area contributed by atoms with Gasteiger partial charge in [-0.05, 0) is 36.8 Å². The number of aliphatic hydroxyl groups is 1. The minimum atomic E-state index is -1.03. The average molecular weight is 564 g/mol. The van der Waals surface area contributed by atoms with Crippen molar-refractivity contribution in [1.82, 2.24) is 10.2 Å². The van der Waals surface area contributed by atoms with Crippen LogP contribution in [-0.2, 0) is 31.0 Å². The second-order valence-corrected chi connectivity index (χ2v) is 11.6. The predicted molar refractivity (Wildman–Crippen MR) is 155 cm³/mol. The second kappa shape index (κ2) is 12.7. The Bertz CT molecular complexity index is 1220. The van der Waals surface area contributed by atoms with Gasteiger partial charge in [0.2, 0.25) is 5.91 Å². The minimum absolute atomic E-state index is 0.0134. The Hall–Kier alpha value is -3.24. The van der Waals surface area contributed by atoms with Gasteiger partial charge in [-0.25, -0.2) is 4.79 Å². The first-order valence-corrected chi connectivity index (χ1v) is 14.5. The van der Waals surface area contributed by atoms with E-state index in [-0.39, 0.29) is 37.2 Å². The van der Waals surface area contributed by atoms with Crippen LogP contribution in [0.1, 0.15) is 37.8 Å². The number of benzene rings is 2. The second-order valence-electron chi connectivity index (χ2n) is 11.6. The summed E-state index contributed by atoms with van der Waals surface area (Å²) in [5.41, 5.74) is 1.56. The van der Waals surface area contributed by atoms with Crippen LogP contribution in [0, 0.1) is 11.8 Å². The van der Waals surface area contributed by atoms with Crippen molar-refractivity contribution in [3.05, 3.63) is 78.4 Å². The molecule has 0 aliphatic carbocycles.